The van der Waals surface area contributed by atoms with Crippen LogP contribution in [0.15, 0.2) is 72.8 Å². The number of ether oxygens (including phenoxy) is 2. The smallest absolute Gasteiger partial charge is 0.252 e. The Hall–Kier alpha value is -2.95. The van der Waals surface area contributed by atoms with Gasteiger partial charge in [-0.2, -0.15) is 0 Å². The van der Waals surface area contributed by atoms with Crippen LogP contribution in [0.5, 0.6) is 0 Å². The molecule has 3 aromatic rings. The molecule has 4 rings (SSSR count). The molecular weight excluding hydrogens is 350 g/mol. The fourth-order valence-electron chi connectivity index (χ4n) is 4.01. The van der Waals surface area contributed by atoms with Crippen LogP contribution in [0, 0.1) is 0 Å². The molecule has 142 valence electrons. The minimum Gasteiger partial charge on any atom is -0.380 e. The Labute approximate surface area is 165 Å². The van der Waals surface area contributed by atoms with Crippen LogP contribution in [0.2, 0.25) is 0 Å². The molecule has 1 atom stereocenters. The number of fused-ring (bicyclic) bond motifs is 1. The Morgan fingerprint density at radius 2 is 1.50 bits per heavy atom. The van der Waals surface area contributed by atoms with Gasteiger partial charge >= 0.3 is 0 Å². The van der Waals surface area contributed by atoms with Crippen LogP contribution in [0.4, 0.5) is 0 Å². The highest BCUT2D eigenvalue weighted by atomic mass is 16.5. The number of carbonyl (C=O) groups is 1. The van der Waals surface area contributed by atoms with Crippen molar-refractivity contribution in [3.05, 3.63) is 106 Å². The average Bonchev–Trinajstić information content (AvgIpc) is 3.03. The Morgan fingerprint density at radius 3 is 2.25 bits per heavy atom. The van der Waals surface area contributed by atoms with Crippen molar-refractivity contribution in [1.82, 2.24) is 5.32 Å². The van der Waals surface area contributed by atoms with Crippen molar-refractivity contribution in [3.8, 4) is 0 Å². The predicted molar refractivity (Wildman–Crippen MR) is 108 cm³/mol. The van der Waals surface area contributed by atoms with Crippen molar-refractivity contribution in [1.29, 1.82) is 0 Å². The van der Waals surface area contributed by atoms with E-state index in [2.05, 4.69) is 29.6 Å². The molecule has 0 fully saturated rings. The molecule has 1 aliphatic heterocycles. The van der Waals surface area contributed by atoms with Crippen molar-refractivity contribution >= 4 is 5.91 Å². The molecule has 28 heavy (non-hydrogen) atoms. The molecule has 3 aromatic carbocycles. The van der Waals surface area contributed by atoms with Gasteiger partial charge in [-0.05, 0) is 33.9 Å². The number of nitrogens with one attached hydrogen (secondary N) is 1. The molecule has 1 aliphatic rings. The normalized spacial score (nSPS) is 18.0. The quantitative estimate of drug-likeness (QED) is 0.710. The van der Waals surface area contributed by atoms with E-state index in [0.717, 1.165) is 27.8 Å². The molecule has 0 aliphatic carbocycles. The minimum atomic E-state index is -0.733. The summed E-state index contributed by atoms with van der Waals surface area (Å²) in [6.45, 7) is 1.08. The van der Waals surface area contributed by atoms with Crippen LogP contribution in [0.3, 0.4) is 0 Å². The summed E-state index contributed by atoms with van der Waals surface area (Å²) in [6, 6.07) is 24.2. The number of carbonyl (C=O) groups excluding carboxylic acids is 1. The Kier molecular flexibility index (Phi) is 4.99. The van der Waals surface area contributed by atoms with Crippen molar-refractivity contribution in [2.75, 3.05) is 14.2 Å². The van der Waals surface area contributed by atoms with E-state index in [4.69, 9.17) is 9.47 Å². The van der Waals surface area contributed by atoms with Crippen LogP contribution < -0.4 is 5.32 Å². The maximum absolute atomic E-state index is 12.9. The second kappa shape index (κ2) is 7.58. The lowest BCUT2D eigenvalue weighted by Crippen LogP contribution is -2.41. The van der Waals surface area contributed by atoms with E-state index in [1.165, 1.54) is 0 Å². The number of hydrogen-bond acceptors (Lipinski definition) is 3. The van der Waals surface area contributed by atoms with E-state index in [-0.39, 0.29) is 5.91 Å². The summed E-state index contributed by atoms with van der Waals surface area (Å²) in [5.74, 6) is -0.0614. The average molecular weight is 373 g/mol. The van der Waals surface area contributed by atoms with Crippen LogP contribution in [0.1, 0.15) is 38.2 Å². The zero-order valence-corrected chi connectivity index (χ0v) is 16.1. The Balaban J connectivity index is 1.93. The van der Waals surface area contributed by atoms with Gasteiger partial charge in [-0.15, -0.1) is 0 Å². The van der Waals surface area contributed by atoms with E-state index in [0.29, 0.717) is 18.8 Å². The van der Waals surface area contributed by atoms with Crippen LogP contribution in [-0.2, 0) is 28.2 Å². The lowest BCUT2D eigenvalue weighted by atomic mass is 9.77. The SMILES string of the molecule is COCc1ccc(C2(c3cccc(COC)c3)NC(=O)c3ccccc32)cc1. The van der Waals surface area contributed by atoms with Gasteiger partial charge in [0.1, 0.15) is 5.54 Å². The zero-order chi connectivity index (χ0) is 19.6. The van der Waals surface area contributed by atoms with Crippen LogP contribution in [0.25, 0.3) is 0 Å². The highest BCUT2D eigenvalue weighted by Gasteiger charge is 2.45. The maximum Gasteiger partial charge on any atom is 0.252 e. The molecule has 0 saturated heterocycles. The predicted octanol–water partition coefficient (Wildman–Crippen LogP) is 4.01. The van der Waals surface area contributed by atoms with Gasteiger partial charge in [-0.1, -0.05) is 66.7 Å². The fourth-order valence-corrected chi connectivity index (χ4v) is 4.01. The largest absolute Gasteiger partial charge is 0.380 e. The number of methoxy groups -OCH3 is 2. The second-order valence-corrected chi connectivity index (χ2v) is 7.01. The zero-order valence-electron chi connectivity index (χ0n) is 16.1. The number of benzene rings is 3. The summed E-state index contributed by atoms with van der Waals surface area (Å²) in [5.41, 5.74) is 5.12. The molecule has 1 N–H and O–H groups in total. The number of rotatable bonds is 6. The highest BCUT2D eigenvalue weighted by molar-refractivity contribution is 6.01. The van der Waals surface area contributed by atoms with Crippen molar-refractivity contribution in [2.45, 2.75) is 18.8 Å². The summed E-state index contributed by atoms with van der Waals surface area (Å²) in [6.07, 6.45) is 0. The third kappa shape index (κ3) is 3.01. The van der Waals surface area contributed by atoms with Crippen molar-refractivity contribution < 1.29 is 14.3 Å². The van der Waals surface area contributed by atoms with Crippen molar-refractivity contribution in [2.24, 2.45) is 0 Å². The third-order valence-corrected chi connectivity index (χ3v) is 5.25. The van der Waals surface area contributed by atoms with E-state index in [1.807, 2.05) is 48.5 Å². The van der Waals surface area contributed by atoms with Gasteiger partial charge in [0.15, 0.2) is 0 Å². The second-order valence-electron chi connectivity index (χ2n) is 7.01. The lowest BCUT2D eigenvalue weighted by Gasteiger charge is -2.32. The lowest BCUT2D eigenvalue weighted by molar-refractivity contribution is 0.0948. The van der Waals surface area contributed by atoms with E-state index in [9.17, 15) is 4.79 Å². The fraction of sp³-hybridized carbons (Fsp3) is 0.208. The minimum absolute atomic E-state index is 0.0614. The van der Waals surface area contributed by atoms with Gasteiger partial charge in [0.05, 0.1) is 13.2 Å². The molecule has 1 amide bonds. The summed E-state index contributed by atoms with van der Waals surface area (Å²) < 4.78 is 10.6. The molecule has 0 spiro atoms. The van der Waals surface area contributed by atoms with Gasteiger partial charge in [0.2, 0.25) is 0 Å². The van der Waals surface area contributed by atoms with Gasteiger partial charge in [0.25, 0.3) is 5.91 Å². The molecule has 4 nitrogen and oxygen atoms in total. The highest BCUT2D eigenvalue weighted by Crippen LogP contribution is 2.42. The molecule has 0 aromatic heterocycles. The van der Waals surface area contributed by atoms with Gasteiger partial charge in [-0.25, -0.2) is 0 Å². The van der Waals surface area contributed by atoms with E-state index < -0.39 is 5.54 Å². The first kappa shape index (κ1) is 18.4. The molecular formula is C24H23NO3. The van der Waals surface area contributed by atoms with E-state index >= 15 is 0 Å². The summed E-state index contributed by atoms with van der Waals surface area (Å²) >= 11 is 0. The van der Waals surface area contributed by atoms with Crippen molar-refractivity contribution in [3.63, 3.8) is 0 Å². The Bertz CT molecular complexity index is 997. The topological polar surface area (TPSA) is 47.6 Å². The molecule has 4 heteroatoms. The summed E-state index contributed by atoms with van der Waals surface area (Å²) in [5, 5.41) is 3.28. The standard InChI is InChI=1S/C24H23NO3/c1-27-15-17-10-12-19(13-11-17)24(20-7-5-6-18(14-20)16-28-2)22-9-4-3-8-21(22)23(26)25-24/h3-14H,15-16H2,1-2H3,(H,25,26). The monoisotopic (exact) mass is 373 g/mol. The molecule has 0 saturated carbocycles. The maximum atomic E-state index is 12.9. The molecule has 0 bridgehead atoms. The molecule has 1 unspecified atom stereocenters. The molecule has 0 radical (unpaired) electrons. The third-order valence-electron chi connectivity index (χ3n) is 5.25. The number of amides is 1. The molecule has 1 heterocycles. The van der Waals surface area contributed by atoms with E-state index in [1.54, 1.807) is 14.2 Å². The first-order valence-electron chi connectivity index (χ1n) is 9.28. The Morgan fingerprint density at radius 1 is 0.786 bits per heavy atom. The van der Waals surface area contributed by atoms with Gasteiger partial charge in [0, 0.05) is 19.8 Å². The van der Waals surface area contributed by atoms with Gasteiger partial charge < -0.3 is 14.8 Å². The first-order chi connectivity index (χ1) is 13.7. The number of hydrogen-bond donors (Lipinski definition) is 1. The van der Waals surface area contributed by atoms with Gasteiger partial charge in [-0.3, -0.25) is 4.79 Å². The summed E-state index contributed by atoms with van der Waals surface area (Å²) in [7, 11) is 3.37. The van der Waals surface area contributed by atoms with Crippen LogP contribution >= 0.6 is 0 Å². The van der Waals surface area contributed by atoms with Crippen LogP contribution in [-0.4, -0.2) is 20.1 Å². The summed E-state index contributed by atoms with van der Waals surface area (Å²) in [4.78, 5) is 12.9. The first-order valence-corrected chi connectivity index (χ1v) is 9.28.